The van der Waals surface area contributed by atoms with Gasteiger partial charge >= 0.3 is 5.97 Å². The summed E-state index contributed by atoms with van der Waals surface area (Å²) in [6.45, 7) is 3.52. The lowest BCUT2D eigenvalue weighted by molar-refractivity contribution is -0.168. The number of rotatable bonds is 1. The normalized spacial score (nSPS) is 36.1. The van der Waals surface area contributed by atoms with Crippen LogP contribution in [0.1, 0.15) is 20.3 Å². The van der Waals surface area contributed by atoms with Crippen LogP contribution < -0.4 is 0 Å². The molecule has 0 amide bonds. The maximum absolute atomic E-state index is 10.6. The molecule has 1 aliphatic heterocycles. The van der Waals surface area contributed by atoms with Gasteiger partial charge in [0.05, 0.1) is 18.8 Å². The van der Waals surface area contributed by atoms with Gasteiger partial charge in [-0.2, -0.15) is 0 Å². The Bertz CT molecular complexity index is 168. The average Bonchev–Trinajstić information content (AvgIpc) is 1.96. The summed E-state index contributed by atoms with van der Waals surface area (Å²) >= 11 is 0. The molecule has 0 unspecified atom stereocenters. The minimum Gasteiger partial charge on any atom is -0.460 e. The molecule has 0 aromatic rings. The highest BCUT2D eigenvalue weighted by Gasteiger charge is 2.29. The van der Waals surface area contributed by atoms with Gasteiger partial charge in [0.25, 0.3) is 0 Å². The number of carbonyl (C=O) groups excluding carboxylic acids is 1. The molecule has 1 rings (SSSR count). The minimum absolute atomic E-state index is 0.114. The van der Waals surface area contributed by atoms with Crippen LogP contribution in [-0.4, -0.2) is 36.0 Å². The molecular weight excluding hydrogens is 160 g/mol. The number of aliphatic hydroxyl groups is 1. The minimum atomic E-state index is -0.509. The summed E-state index contributed by atoms with van der Waals surface area (Å²) in [5, 5.41) is 9.19. The predicted octanol–water partition coefficient (Wildman–Crippen LogP) is 0.0878. The van der Waals surface area contributed by atoms with E-state index in [2.05, 4.69) is 0 Å². The summed E-state index contributed by atoms with van der Waals surface area (Å²) in [6, 6.07) is 0. The van der Waals surface area contributed by atoms with Gasteiger partial charge < -0.3 is 14.6 Å². The molecule has 4 nitrogen and oxygen atoms in total. The fourth-order valence-electron chi connectivity index (χ4n) is 1.26. The molecule has 0 spiro atoms. The molecule has 1 N–H and O–H groups in total. The Labute approximate surface area is 71.5 Å². The maximum Gasteiger partial charge on any atom is 0.302 e. The first-order valence-corrected chi connectivity index (χ1v) is 4.06. The van der Waals surface area contributed by atoms with E-state index in [1.807, 2.05) is 6.92 Å². The van der Waals surface area contributed by atoms with Crippen LogP contribution in [0.5, 0.6) is 0 Å². The highest BCUT2D eigenvalue weighted by molar-refractivity contribution is 5.66. The van der Waals surface area contributed by atoms with Gasteiger partial charge in [0.2, 0.25) is 0 Å². The van der Waals surface area contributed by atoms with Crippen molar-refractivity contribution >= 4 is 5.97 Å². The lowest BCUT2D eigenvalue weighted by Gasteiger charge is -2.31. The lowest BCUT2D eigenvalue weighted by Crippen LogP contribution is -2.41. The van der Waals surface area contributed by atoms with Crippen molar-refractivity contribution in [3.63, 3.8) is 0 Å². The van der Waals surface area contributed by atoms with E-state index in [1.54, 1.807) is 0 Å². The second-order valence-corrected chi connectivity index (χ2v) is 3.08. The zero-order valence-electron chi connectivity index (χ0n) is 7.32. The van der Waals surface area contributed by atoms with E-state index in [0.29, 0.717) is 13.0 Å². The predicted molar refractivity (Wildman–Crippen MR) is 41.6 cm³/mol. The summed E-state index contributed by atoms with van der Waals surface area (Å²) < 4.78 is 10.1. The molecule has 1 aliphatic rings. The van der Waals surface area contributed by atoms with Crippen LogP contribution in [0.2, 0.25) is 0 Å². The fourth-order valence-corrected chi connectivity index (χ4v) is 1.26. The van der Waals surface area contributed by atoms with Crippen LogP contribution >= 0.6 is 0 Å². The smallest absolute Gasteiger partial charge is 0.302 e. The summed E-state index contributed by atoms with van der Waals surface area (Å²) in [5.41, 5.74) is 0. The zero-order chi connectivity index (χ0) is 9.14. The van der Waals surface area contributed by atoms with Crippen LogP contribution in [0.15, 0.2) is 0 Å². The molecule has 0 radical (unpaired) electrons. The fraction of sp³-hybridized carbons (Fsp3) is 0.875. The van der Waals surface area contributed by atoms with Crippen molar-refractivity contribution in [3.8, 4) is 0 Å². The van der Waals surface area contributed by atoms with E-state index in [-0.39, 0.29) is 18.2 Å². The Balaban J connectivity index is 2.43. The molecule has 0 aliphatic carbocycles. The molecule has 12 heavy (non-hydrogen) atoms. The Kier molecular flexibility index (Phi) is 3.05. The van der Waals surface area contributed by atoms with E-state index >= 15 is 0 Å². The number of hydrogen-bond acceptors (Lipinski definition) is 4. The van der Waals surface area contributed by atoms with Crippen molar-refractivity contribution in [2.24, 2.45) is 0 Å². The molecular formula is C8H14O4. The van der Waals surface area contributed by atoms with Gasteiger partial charge in [-0.05, 0) is 6.92 Å². The number of carbonyl (C=O) groups is 1. The standard InChI is InChI=1S/C8H14O4/c1-5-8(12-6(2)9)3-7(10)4-11-5/h5,7-8,10H,3-4H2,1-2H3/t5-,7-,8+/m0/s1. The van der Waals surface area contributed by atoms with E-state index < -0.39 is 6.10 Å². The highest BCUT2D eigenvalue weighted by Crippen LogP contribution is 2.17. The molecule has 1 fully saturated rings. The topological polar surface area (TPSA) is 55.8 Å². The summed E-state index contributed by atoms with van der Waals surface area (Å²) in [7, 11) is 0. The van der Waals surface area contributed by atoms with Gasteiger partial charge in [0.1, 0.15) is 6.10 Å². The molecule has 0 aromatic heterocycles. The SMILES string of the molecule is CC(=O)O[C@@H]1C[C@H](O)CO[C@H]1C. The zero-order valence-corrected chi connectivity index (χ0v) is 7.32. The average molecular weight is 174 g/mol. The van der Waals surface area contributed by atoms with Gasteiger partial charge in [-0.15, -0.1) is 0 Å². The van der Waals surface area contributed by atoms with Crippen molar-refractivity contribution in [2.75, 3.05) is 6.61 Å². The Morgan fingerprint density at radius 3 is 2.92 bits per heavy atom. The van der Waals surface area contributed by atoms with Gasteiger partial charge in [0, 0.05) is 13.3 Å². The maximum atomic E-state index is 10.6. The van der Waals surface area contributed by atoms with Crippen LogP contribution in [-0.2, 0) is 14.3 Å². The second kappa shape index (κ2) is 3.87. The number of hydrogen-bond donors (Lipinski definition) is 1. The van der Waals surface area contributed by atoms with Crippen molar-refractivity contribution in [3.05, 3.63) is 0 Å². The monoisotopic (exact) mass is 174 g/mol. The van der Waals surface area contributed by atoms with Crippen LogP contribution in [0, 0.1) is 0 Å². The molecule has 3 atom stereocenters. The second-order valence-electron chi connectivity index (χ2n) is 3.08. The van der Waals surface area contributed by atoms with Gasteiger partial charge in [-0.1, -0.05) is 0 Å². The Hall–Kier alpha value is -0.610. The van der Waals surface area contributed by atoms with E-state index in [9.17, 15) is 9.90 Å². The van der Waals surface area contributed by atoms with Gasteiger partial charge in [-0.3, -0.25) is 4.79 Å². The van der Waals surface area contributed by atoms with Crippen molar-refractivity contribution in [2.45, 2.75) is 38.6 Å². The largest absolute Gasteiger partial charge is 0.460 e. The molecule has 70 valence electrons. The molecule has 0 saturated carbocycles. The van der Waals surface area contributed by atoms with Crippen molar-refractivity contribution in [1.82, 2.24) is 0 Å². The Morgan fingerprint density at radius 1 is 1.67 bits per heavy atom. The summed E-state index contributed by atoms with van der Waals surface area (Å²) in [4.78, 5) is 10.6. The van der Waals surface area contributed by atoms with Gasteiger partial charge in [-0.25, -0.2) is 0 Å². The van der Waals surface area contributed by atoms with Crippen LogP contribution in [0.4, 0.5) is 0 Å². The number of aliphatic hydroxyl groups excluding tert-OH is 1. The summed E-state index contributed by atoms with van der Waals surface area (Å²) in [6.07, 6.45) is -0.449. The third-order valence-electron chi connectivity index (χ3n) is 1.90. The molecule has 0 aromatic carbocycles. The molecule has 1 saturated heterocycles. The number of ether oxygens (including phenoxy) is 2. The third-order valence-corrected chi connectivity index (χ3v) is 1.90. The van der Waals surface area contributed by atoms with Crippen molar-refractivity contribution < 1.29 is 19.4 Å². The molecule has 0 bridgehead atoms. The Morgan fingerprint density at radius 2 is 2.33 bits per heavy atom. The van der Waals surface area contributed by atoms with E-state index in [0.717, 1.165) is 0 Å². The van der Waals surface area contributed by atoms with E-state index in [4.69, 9.17) is 9.47 Å². The van der Waals surface area contributed by atoms with E-state index in [1.165, 1.54) is 6.92 Å². The number of esters is 1. The first-order chi connectivity index (χ1) is 5.59. The molecule has 1 heterocycles. The first-order valence-electron chi connectivity index (χ1n) is 4.06. The van der Waals surface area contributed by atoms with Crippen LogP contribution in [0.25, 0.3) is 0 Å². The van der Waals surface area contributed by atoms with Crippen molar-refractivity contribution in [1.29, 1.82) is 0 Å². The highest BCUT2D eigenvalue weighted by atomic mass is 16.6. The van der Waals surface area contributed by atoms with Crippen LogP contribution in [0.3, 0.4) is 0 Å². The first kappa shape index (κ1) is 9.48. The lowest BCUT2D eigenvalue weighted by atomic mass is 10.0. The quantitative estimate of drug-likeness (QED) is 0.572. The summed E-state index contributed by atoms with van der Waals surface area (Å²) in [5.74, 6) is -0.329. The van der Waals surface area contributed by atoms with Gasteiger partial charge in [0.15, 0.2) is 0 Å². The third kappa shape index (κ3) is 2.46. The molecule has 4 heteroatoms.